The summed E-state index contributed by atoms with van der Waals surface area (Å²) < 4.78 is 60.6. The summed E-state index contributed by atoms with van der Waals surface area (Å²) >= 11 is 0. The number of alkyl halides is 3. The SMILES string of the molecule is C[C@H]1CCN(c2[nH]ccc(=O)c2F)[C@H]1COC1CCC(c2ccccc2C(F)(F)F)CC1. The molecule has 1 aromatic carbocycles. The largest absolute Gasteiger partial charge is 0.416 e. The van der Waals surface area contributed by atoms with E-state index in [1.54, 1.807) is 12.1 Å². The maximum atomic E-state index is 14.4. The molecule has 2 atom stereocenters. The van der Waals surface area contributed by atoms with Crippen molar-refractivity contribution in [2.24, 2.45) is 5.92 Å². The van der Waals surface area contributed by atoms with Gasteiger partial charge in [-0.3, -0.25) is 4.79 Å². The fourth-order valence-corrected chi connectivity index (χ4v) is 5.08. The highest BCUT2D eigenvalue weighted by Crippen LogP contribution is 2.41. The monoisotopic (exact) mass is 452 g/mol. The fraction of sp³-hybridized carbons (Fsp3) is 0.542. The van der Waals surface area contributed by atoms with Crippen LogP contribution in [0.15, 0.2) is 41.3 Å². The Morgan fingerprint density at radius 2 is 1.81 bits per heavy atom. The Bertz CT molecular complexity index is 982. The van der Waals surface area contributed by atoms with Crippen molar-refractivity contribution in [1.29, 1.82) is 0 Å². The average Bonchev–Trinajstić information content (AvgIpc) is 3.14. The van der Waals surface area contributed by atoms with Crippen LogP contribution in [0.25, 0.3) is 0 Å². The number of pyridine rings is 1. The molecule has 0 unspecified atom stereocenters. The van der Waals surface area contributed by atoms with Crippen LogP contribution >= 0.6 is 0 Å². The summed E-state index contributed by atoms with van der Waals surface area (Å²) in [5.74, 6) is -0.440. The number of ether oxygens (including phenoxy) is 1. The third-order valence-corrected chi connectivity index (χ3v) is 6.93. The van der Waals surface area contributed by atoms with Crippen molar-refractivity contribution < 1.29 is 22.3 Å². The number of nitrogens with one attached hydrogen (secondary N) is 1. The van der Waals surface area contributed by atoms with Gasteiger partial charge in [-0.25, -0.2) is 0 Å². The third-order valence-electron chi connectivity index (χ3n) is 6.93. The van der Waals surface area contributed by atoms with Gasteiger partial charge >= 0.3 is 6.18 Å². The van der Waals surface area contributed by atoms with Crippen LogP contribution in [0, 0.1) is 11.7 Å². The van der Waals surface area contributed by atoms with Crippen LogP contribution in [0.1, 0.15) is 56.1 Å². The Balaban J connectivity index is 1.37. The molecule has 1 aliphatic carbocycles. The molecule has 2 heterocycles. The third kappa shape index (κ3) is 4.70. The number of halogens is 4. The van der Waals surface area contributed by atoms with E-state index in [1.165, 1.54) is 18.3 Å². The van der Waals surface area contributed by atoms with Crippen molar-refractivity contribution in [3.8, 4) is 0 Å². The van der Waals surface area contributed by atoms with E-state index in [9.17, 15) is 22.4 Å². The highest BCUT2D eigenvalue weighted by atomic mass is 19.4. The first-order valence-electron chi connectivity index (χ1n) is 11.2. The molecular weight excluding hydrogens is 424 g/mol. The van der Waals surface area contributed by atoms with Crippen LogP contribution in [0.3, 0.4) is 0 Å². The zero-order valence-electron chi connectivity index (χ0n) is 18.0. The minimum atomic E-state index is -4.35. The van der Waals surface area contributed by atoms with Crippen LogP contribution in [0.2, 0.25) is 0 Å². The molecule has 4 nitrogen and oxygen atoms in total. The highest BCUT2D eigenvalue weighted by molar-refractivity contribution is 5.42. The molecule has 1 saturated carbocycles. The van der Waals surface area contributed by atoms with E-state index in [0.29, 0.717) is 44.4 Å². The molecule has 1 saturated heterocycles. The average molecular weight is 452 g/mol. The van der Waals surface area contributed by atoms with Crippen molar-refractivity contribution in [3.05, 3.63) is 63.7 Å². The summed E-state index contributed by atoms with van der Waals surface area (Å²) in [6, 6.07) is 6.93. The molecule has 174 valence electrons. The van der Waals surface area contributed by atoms with Crippen LogP contribution in [0.4, 0.5) is 23.4 Å². The molecule has 0 radical (unpaired) electrons. The lowest BCUT2D eigenvalue weighted by molar-refractivity contribution is -0.138. The lowest BCUT2D eigenvalue weighted by atomic mass is 9.81. The molecule has 0 amide bonds. The Morgan fingerprint density at radius 1 is 1.09 bits per heavy atom. The molecular formula is C24H28F4N2O2. The maximum Gasteiger partial charge on any atom is 0.416 e. The Labute approximate surface area is 184 Å². The first-order valence-corrected chi connectivity index (χ1v) is 11.2. The van der Waals surface area contributed by atoms with E-state index in [-0.39, 0.29) is 29.8 Å². The van der Waals surface area contributed by atoms with Gasteiger partial charge in [0.15, 0.2) is 0 Å². The fourth-order valence-electron chi connectivity index (χ4n) is 5.08. The van der Waals surface area contributed by atoms with E-state index < -0.39 is 23.0 Å². The molecule has 32 heavy (non-hydrogen) atoms. The molecule has 4 rings (SSSR count). The first-order chi connectivity index (χ1) is 15.3. The molecule has 0 spiro atoms. The van der Waals surface area contributed by atoms with Gasteiger partial charge in [0.2, 0.25) is 11.2 Å². The number of aromatic amines is 1. The van der Waals surface area contributed by atoms with Crippen LogP contribution in [0.5, 0.6) is 0 Å². The van der Waals surface area contributed by atoms with Gasteiger partial charge in [-0.2, -0.15) is 17.6 Å². The summed E-state index contributed by atoms with van der Waals surface area (Å²) in [6.07, 6.45) is 0.596. The van der Waals surface area contributed by atoms with Gasteiger partial charge in [-0.1, -0.05) is 25.1 Å². The van der Waals surface area contributed by atoms with E-state index in [1.807, 2.05) is 4.90 Å². The van der Waals surface area contributed by atoms with Crippen LogP contribution < -0.4 is 10.3 Å². The quantitative estimate of drug-likeness (QED) is 0.610. The van der Waals surface area contributed by atoms with Gasteiger partial charge in [0, 0.05) is 18.8 Å². The zero-order chi connectivity index (χ0) is 22.9. The van der Waals surface area contributed by atoms with Gasteiger partial charge < -0.3 is 14.6 Å². The molecule has 2 aliphatic rings. The number of nitrogens with zero attached hydrogens (tertiary/aromatic N) is 1. The van der Waals surface area contributed by atoms with Crippen molar-refractivity contribution in [1.82, 2.24) is 4.98 Å². The van der Waals surface area contributed by atoms with Crippen molar-refractivity contribution in [2.45, 2.75) is 63.3 Å². The van der Waals surface area contributed by atoms with Crippen molar-refractivity contribution >= 4 is 5.82 Å². The molecule has 1 aliphatic heterocycles. The molecule has 2 aromatic rings. The lowest BCUT2D eigenvalue weighted by Crippen LogP contribution is -2.39. The molecule has 1 aromatic heterocycles. The Kier molecular flexibility index (Phi) is 6.60. The lowest BCUT2D eigenvalue weighted by Gasteiger charge is -2.33. The number of rotatable bonds is 5. The predicted octanol–water partition coefficient (Wildman–Crippen LogP) is 5.49. The Hall–Kier alpha value is -2.35. The topological polar surface area (TPSA) is 45.3 Å². The van der Waals surface area contributed by atoms with Gasteiger partial charge in [-0.15, -0.1) is 0 Å². The summed E-state index contributed by atoms with van der Waals surface area (Å²) in [4.78, 5) is 16.4. The van der Waals surface area contributed by atoms with E-state index >= 15 is 0 Å². The highest BCUT2D eigenvalue weighted by Gasteiger charge is 2.37. The molecule has 1 N–H and O–H groups in total. The second kappa shape index (κ2) is 9.25. The van der Waals surface area contributed by atoms with Gasteiger partial charge in [-0.05, 0) is 55.6 Å². The summed E-state index contributed by atoms with van der Waals surface area (Å²) in [7, 11) is 0. The van der Waals surface area contributed by atoms with Crippen molar-refractivity contribution in [3.63, 3.8) is 0 Å². The first kappa shape index (κ1) is 22.8. The number of H-pyrrole nitrogens is 1. The summed E-state index contributed by atoms with van der Waals surface area (Å²) in [6.45, 7) is 3.11. The molecule has 0 bridgehead atoms. The van der Waals surface area contributed by atoms with Crippen LogP contribution in [-0.2, 0) is 10.9 Å². The van der Waals surface area contributed by atoms with Crippen LogP contribution in [-0.4, -0.2) is 30.3 Å². The van der Waals surface area contributed by atoms with E-state index in [0.717, 1.165) is 12.5 Å². The number of anilines is 1. The molecule has 2 fully saturated rings. The minimum absolute atomic E-state index is 0.0291. The number of hydrogen-bond donors (Lipinski definition) is 1. The second-order valence-corrected chi connectivity index (χ2v) is 8.92. The standard InChI is InChI=1S/C24H28F4N2O2/c1-15-11-13-30(23-22(25)21(31)10-12-29-23)20(15)14-32-17-8-6-16(7-9-17)18-4-2-3-5-19(18)24(26,27)28/h2-5,10,12,15-17,20H,6-9,11,13-14H2,1H3,(H,29,31)/t15-,16?,17?,20-/m0/s1. The normalized spacial score (nSPS) is 26.5. The van der Waals surface area contributed by atoms with Gasteiger partial charge in [0.05, 0.1) is 24.3 Å². The van der Waals surface area contributed by atoms with Gasteiger partial charge in [0.1, 0.15) is 5.82 Å². The van der Waals surface area contributed by atoms with Gasteiger partial charge in [0.25, 0.3) is 0 Å². The predicted molar refractivity (Wildman–Crippen MR) is 114 cm³/mol. The summed E-state index contributed by atoms with van der Waals surface area (Å²) in [5, 5.41) is 0. The van der Waals surface area contributed by atoms with Crippen molar-refractivity contribution in [2.75, 3.05) is 18.1 Å². The van der Waals surface area contributed by atoms with E-state index in [4.69, 9.17) is 4.74 Å². The Morgan fingerprint density at radius 3 is 2.53 bits per heavy atom. The second-order valence-electron chi connectivity index (χ2n) is 8.92. The maximum absolute atomic E-state index is 14.4. The number of benzene rings is 1. The zero-order valence-corrected chi connectivity index (χ0v) is 18.0. The summed E-state index contributed by atoms with van der Waals surface area (Å²) in [5.41, 5.74) is -0.813. The number of hydrogen-bond acceptors (Lipinski definition) is 3. The number of aromatic nitrogens is 1. The molecule has 8 heteroatoms. The minimum Gasteiger partial charge on any atom is -0.376 e. The smallest absolute Gasteiger partial charge is 0.376 e. The van der Waals surface area contributed by atoms with E-state index in [2.05, 4.69) is 11.9 Å².